The summed E-state index contributed by atoms with van der Waals surface area (Å²) in [5.41, 5.74) is 2.53. The zero-order chi connectivity index (χ0) is 17.4. The van der Waals surface area contributed by atoms with Crippen molar-refractivity contribution in [1.82, 2.24) is 5.01 Å². The van der Waals surface area contributed by atoms with Gasteiger partial charge in [0.2, 0.25) is 0 Å². The summed E-state index contributed by atoms with van der Waals surface area (Å²) >= 11 is 0. The normalized spacial score (nSPS) is 10.6. The topological polar surface area (TPSA) is 77.3 Å². The maximum Gasteiger partial charge on any atom is 1.00 e. The van der Waals surface area contributed by atoms with Crippen LogP contribution >= 0.6 is 0 Å². The first-order chi connectivity index (χ1) is 11.5. The molecule has 0 atom stereocenters. The summed E-state index contributed by atoms with van der Waals surface area (Å²) in [4.78, 5) is 10.5. The Bertz CT molecular complexity index is 743. The summed E-state index contributed by atoms with van der Waals surface area (Å²) < 4.78 is 5.22. The fraction of sp³-hybridized carbons (Fsp3) is 0.167. The number of carbonyl (C=O) groups excluding carboxylic acids is 1. The molecule has 0 heterocycles. The van der Waals surface area contributed by atoms with Crippen LogP contribution in [0.25, 0.3) is 12.2 Å². The van der Waals surface area contributed by atoms with Gasteiger partial charge in [-0.15, -0.1) is 5.11 Å². The number of benzene rings is 2. The number of carbonyl (C=O) groups is 1. The van der Waals surface area contributed by atoms with Crippen LogP contribution in [0.2, 0.25) is 0 Å². The number of rotatable bonds is 7. The molecule has 0 unspecified atom stereocenters. The molecule has 2 aromatic carbocycles. The van der Waals surface area contributed by atoms with Crippen molar-refractivity contribution >= 4 is 23.8 Å². The summed E-state index contributed by atoms with van der Waals surface area (Å²) in [6.07, 6.45) is 3.77. The molecule has 0 aliphatic heterocycles. The first-order valence-electron chi connectivity index (χ1n) is 7.33. The van der Waals surface area contributed by atoms with Gasteiger partial charge in [0.1, 0.15) is 12.4 Å². The van der Waals surface area contributed by atoms with E-state index in [0.717, 1.165) is 16.8 Å². The number of aliphatic carboxylic acids is 1. The summed E-state index contributed by atoms with van der Waals surface area (Å²) in [5.74, 6) is -0.759. The minimum atomic E-state index is -1.25. The Morgan fingerprint density at radius 2 is 1.80 bits per heavy atom. The number of hydrogen-bond acceptors (Lipinski definition) is 5. The van der Waals surface area contributed by atoms with Crippen LogP contribution in [0.15, 0.2) is 58.9 Å². The zero-order valence-electron chi connectivity index (χ0n) is 14.5. The van der Waals surface area contributed by atoms with E-state index in [1.807, 2.05) is 48.6 Å². The number of ether oxygens (including phenoxy) is 1. The Morgan fingerprint density at radius 1 is 1.12 bits per heavy atom. The van der Waals surface area contributed by atoms with Crippen molar-refractivity contribution in [2.75, 3.05) is 20.7 Å². The monoisotopic (exact) mass is 347 g/mol. The third-order valence-corrected chi connectivity index (χ3v) is 2.95. The Balaban J connectivity index is 0.00000312. The molecule has 0 fully saturated rings. The first-order valence-corrected chi connectivity index (χ1v) is 7.33. The van der Waals surface area contributed by atoms with Gasteiger partial charge in [-0.1, -0.05) is 47.7 Å². The van der Waals surface area contributed by atoms with Gasteiger partial charge in [-0.25, -0.2) is 0 Å². The molecule has 25 heavy (non-hydrogen) atoms. The minimum Gasteiger partial charge on any atom is -0.546 e. The fourth-order valence-corrected chi connectivity index (χ4v) is 1.87. The van der Waals surface area contributed by atoms with Crippen molar-refractivity contribution < 1.29 is 44.2 Å². The number of nitrogens with zero attached hydrogens (tertiary/aromatic N) is 3. The Kier molecular flexibility index (Phi) is 8.91. The average molecular weight is 347 g/mol. The second kappa shape index (κ2) is 10.7. The van der Waals surface area contributed by atoms with E-state index >= 15 is 0 Å². The minimum absolute atomic E-state index is 0. The van der Waals surface area contributed by atoms with Crippen LogP contribution in [0, 0.1) is 0 Å². The fourth-order valence-electron chi connectivity index (χ4n) is 1.87. The van der Waals surface area contributed by atoms with Crippen molar-refractivity contribution in [1.29, 1.82) is 0 Å². The summed E-state index contributed by atoms with van der Waals surface area (Å²) in [5, 5.41) is 20.1. The van der Waals surface area contributed by atoms with E-state index in [9.17, 15) is 9.90 Å². The third kappa shape index (κ3) is 7.51. The molecule has 0 spiro atoms. The SMILES string of the molecule is CN(C)N=Nc1ccc(/C=C\c2ccccc2OCC(=O)[O-])cc1.[Na+]. The molecule has 0 N–H and O–H groups in total. The van der Waals surface area contributed by atoms with Crippen LogP contribution in [0.1, 0.15) is 11.1 Å². The predicted molar refractivity (Wildman–Crippen MR) is 90.5 cm³/mol. The second-order valence-electron chi connectivity index (χ2n) is 5.16. The Morgan fingerprint density at radius 3 is 2.44 bits per heavy atom. The van der Waals surface area contributed by atoms with Gasteiger partial charge in [-0.2, -0.15) is 0 Å². The van der Waals surface area contributed by atoms with Gasteiger partial charge in [-0.05, 0) is 23.8 Å². The Labute approximate surface area is 169 Å². The molecule has 0 radical (unpaired) electrons. The third-order valence-electron chi connectivity index (χ3n) is 2.95. The molecule has 124 valence electrons. The number of carboxylic acid groups (broad SMARTS) is 1. The van der Waals surface area contributed by atoms with Gasteiger partial charge in [0, 0.05) is 19.7 Å². The van der Waals surface area contributed by atoms with Crippen molar-refractivity contribution in [3.63, 3.8) is 0 Å². The van der Waals surface area contributed by atoms with E-state index in [0.29, 0.717) is 5.75 Å². The van der Waals surface area contributed by atoms with Crippen LogP contribution < -0.4 is 39.4 Å². The van der Waals surface area contributed by atoms with Crippen LogP contribution in [0.5, 0.6) is 5.75 Å². The maximum atomic E-state index is 10.5. The molecule has 0 amide bonds. The molecular formula is C18H18N3NaO3. The van der Waals surface area contributed by atoms with E-state index in [2.05, 4.69) is 10.3 Å². The first kappa shape index (κ1) is 20.9. The van der Waals surface area contributed by atoms with Gasteiger partial charge in [0.25, 0.3) is 0 Å². The van der Waals surface area contributed by atoms with Gasteiger partial charge in [0.05, 0.1) is 11.7 Å². The van der Waals surface area contributed by atoms with Crippen molar-refractivity contribution in [3.8, 4) is 5.75 Å². The van der Waals surface area contributed by atoms with Crippen LogP contribution in [0.3, 0.4) is 0 Å². The Hall–Kier alpha value is -2.15. The molecule has 0 aliphatic rings. The van der Waals surface area contributed by atoms with E-state index in [4.69, 9.17) is 4.74 Å². The maximum absolute atomic E-state index is 10.5. The predicted octanol–water partition coefficient (Wildman–Crippen LogP) is -0.450. The molecule has 7 heteroatoms. The molecule has 0 aliphatic carbocycles. The van der Waals surface area contributed by atoms with E-state index in [-0.39, 0.29) is 29.6 Å². The van der Waals surface area contributed by atoms with E-state index in [1.54, 1.807) is 31.2 Å². The summed E-state index contributed by atoms with van der Waals surface area (Å²) in [6.45, 7) is -0.476. The number of carboxylic acids is 1. The van der Waals surface area contributed by atoms with E-state index in [1.165, 1.54) is 0 Å². The van der Waals surface area contributed by atoms with Crippen LogP contribution in [-0.4, -0.2) is 31.7 Å². The summed E-state index contributed by atoms with van der Waals surface area (Å²) in [6, 6.07) is 14.8. The largest absolute Gasteiger partial charge is 1.00 e. The van der Waals surface area contributed by atoms with Crippen molar-refractivity contribution in [2.45, 2.75) is 0 Å². The molecule has 0 saturated heterocycles. The van der Waals surface area contributed by atoms with Gasteiger partial charge in [0.15, 0.2) is 0 Å². The zero-order valence-corrected chi connectivity index (χ0v) is 16.5. The van der Waals surface area contributed by atoms with Crippen LogP contribution in [-0.2, 0) is 4.79 Å². The van der Waals surface area contributed by atoms with Gasteiger partial charge < -0.3 is 14.6 Å². The summed E-state index contributed by atoms with van der Waals surface area (Å²) in [7, 11) is 3.61. The molecule has 0 saturated carbocycles. The van der Waals surface area contributed by atoms with Crippen molar-refractivity contribution in [3.05, 3.63) is 59.7 Å². The molecule has 0 aromatic heterocycles. The van der Waals surface area contributed by atoms with Gasteiger partial charge >= 0.3 is 29.6 Å². The van der Waals surface area contributed by atoms with Crippen LogP contribution in [0.4, 0.5) is 5.69 Å². The van der Waals surface area contributed by atoms with Gasteiger partial charge in [-0.3, -0.25) is 5.01 Å². The smallest absolute Gasteiger partial charge is 0.546 e. The molecular weight excluding hydrogens is 329 g/mol. The average Bonchev–Trinajstić information content (AvgIpc) is 2.57. The standard InChI is InChI=1S/C18H19N3O3.Na/c1-21(2)20-19-16-11-8-14(9-12-16)7-10-15-5-3-4-6-17(15)24-13-18(22)23;/h3-12H,13H2,1-2H3,(H,22,23);/q;+1/p-1/b10-7-,20-19?;. The molecule has 0 bridgehead atoms. The molecule has 2 aromatic rings. The number of hydrogen-bond donors (Lipinski definition) is 0. The quantitative estimate of drug-likeness (QED) is 0.294. The second-order valence-corrected chi connectivity index (χ2v) is 5.16. The van der Waals surface area contributed by atoms with Crippen molar-refractivity contribution in [2.24, 2.45) is 10.3 Å². The molecule has 2 rings (SSSR count). The van der Waals surface area contributed by atoms with E-state index < -0.39 is 12.6 Å². The molecule has 6 nitrogen and oxygen atoms in total. The number of para-hydroxylation sites is 1.